The molecule has 4 rings (SSSR count). The van der Waals surface area contributed by atoms with E-state index < -0.39 is 12.1 Å². The topological polar surface area (TPSA) is 122 Å². The van der Waals surface area contributed by atoms with E-state index in [0.29, 0.717) is 44.9 Å². The Morgan fingerprint density at radius 3 is 2.79 bits per heavy atom. The minimum absolute atomic E-state index is 0.267. The highest BCUT2D eigenvalue weighted by Gasteiger charge is 2.23. The van der Waals surface area contributed by atoms with Gasteiger partial charge in [-0.15, -0.1) is 0 Å². The summed E-state index contributed by atoms with van der Waals surface area (Å²) in [6, 6.07) is 15.1. The number of carbonyl (C=O) groups excluding carboxylic acids is 1. The molecular formula is C29H37N5O5. The number of fused-ring (bicyclic) bond motifs is 1. The van der Waals surface area contributed by atoms with Gasteiger partial charge in [-0.2, -0.15) is 5.26 Å². The van der Waals surface area contributed by atoms with Crippen LogP contribution in [0.5, 0.6) is 0 Å². The van der Waals surface area contributed by atoms with Gasteiger partial charge in [0.05, 0.1) is 18.2 Å². The van der Waals surface area contributed by atoms with Crippen LogP contribution in [0.25, 0.3) is 22.2 Å². The molecule has 1 aliphatic heterocycles. The number of amides is 1. The van der Waals surface area contributed by atoms with Gasteiger partial charge in [0.15, 0.2) is 5.58 Å². The summed E-state index contributed by atoms with van der Waals surface area (Å²) >= 11 is 0. The lowest BCUT2D eigenvalue weighted by molar-refractivity contribution is -0.133. The minimum atomic E-state index is -0.656. The van der Waals surface area contributed by atoms with Gasteiger partial charge in [0.2, 0.25) is 0 Å². The molecule has 208 valence electrons. The average molecular weight is 536 g/mol. The maximum atomic E-state index is 12.7. The lowest BCUT2D eigenvalue weighted by Gasteiger charge is -2.22. The van der Waals surface area contributed by atoms with Gasteiger partial charge in [0, 0.05) is 46.3 Å². The summed E-state index contributed by atoms with van der Waals surface area (Å²) in [7, 11) is 3.66. The molecule has 0 aliphatic carbocycles. The van der Waals surface area contributed by atoms with Crippen LogP contribution in [0.1, 0.15) is 18.4 Å². The van der Waals surface area contributed by atoms with E-state index in [2.05, 4.69) is 21.6 Å². The van der Waals surface area contributed by atoms with Gasteiger partial charge in [-0.05, 0) is 55.3 Å². The van der Waals surface area contributed by atoms with Crippen molar-refractivity contribution in [1.29, 1.82) is 5.26 Å². The number of nitriles is 1. The van der Waals surface area contributed by atoms with Gasteiger partial charge in [0.1, 0.15) is 12.1 Å². The van der Waals surface area contributed by atoms with Crippen LogP contribution in [0.3, 0.4) is 0 Å². The molecule has 1 fully saturated rings. The SMILES string of the molecule is COCCN(C)CCn1c(=O)oc2ccc(-c3ccc(C[C@@H](C#N)NC(=O)[C@@H]4CNCCCCO4)cc3)cc21. The molecule has 2 heterocycles. The number of aromatic nitrogens is 1. The van der Waals surface area contributed by atoms with Gasteiger partial charge in [-0.25, -0.2) is 4.79 Å². The van der Waals surface area contributed by atoms with E-state index >= 15 is 0 Å². The van der Waals surface area contributed by atoms with E-state index in [9.17, 15) is 14.9 Å². The van der Waals surface area contributed by atoms with E-state index in [1.807, 2.05) is 49.5 Å². The van der Waals surface area contributed by atoms with Crippen molar-refractivity contribution in [3.8, 4) is 17.2 Å². The molecule has 0 bridgehead atoms. The summed E-state index contributed by atoms with van der Waals surface area (Å²) in [4.78, 5) is 27.3. The predicted molar refractivity (Wildman–Crippen MR) is 148 cm³/mol. The fraction of sp³-hybridized carbons (Fsp3) is 0.483. The number of likely N-dealkylation sites (N-methyl/N-ethyl adjacent to an activating group) is 1. The van der Waals surface area contributed by atoms with Crippen LogP contribution >= 0.6 is 0 Å². The van der Waals surface area contributed by atoms with E-state index in [1.54, 1.807) is 11.7 Å². The van der Waals surface area contributed by atoms with E-state index in [0.717, 1.165) is 48.1 Å². The standard InChI is InChI=1S/C29H37N5O5/c1-33(14-16-37-2)12-13-34-25-18-23(9-10-26(25)39-29(34)36)22-7-5-21(6-8-22)17-24(19-30)32-28(35)27-20-31-11-3-4-15-38-27/h5-10,18,24,27,31H,3-4,11-17,20H2,1-2H3,(H,32,35)/t24-,27-/m0/s1. The largest absolute Gasteiger partial charge is 0.419 e. The van der Waals surface area contributed by atoms with Crippen molar-refractivity contribution >= 4 is 17.0 Å². The fourth-order valence-electron chi connectivity index (χ4n) is 4.58. The number of nitrogens with zero attached hydrogens (tertiary/aromatic N) is 3. The van der Waals surface area contributed by atoms with Crippen molar-refractivity contribution in [2.75, 3.05) is 53.6 Å². The summed E-state index contributed by atoms with van der Waals surface area (Å²) in [5.41, 5.74) is 4.17. The first-order valence-corrected chi connectivity index (χ1v) is 13.4. The number of nitrogens with one attached hydrogen (secondary N) is 2. The maximum Gasteiger partial charge on any atom is 0.419 e. The smallest absolute Gasteiger partial charge is 0.408 e. The third-order valence-corrected chi connectivity index (χ3v) is 6.94. The number of ether oxygens (including phenoxy) is 2. The second-order valence-corrected chi connectivity index (χ2v) is 9.86. The molecule has 0 spiro atoms. The zero-order chi connectivity index (χ0) is 27.6. The third-order valence-electron chi connectivity index (χ3n) is 6.94. The Labute approximate surface area is 228 Å². The van der Waals surface area contributed by atoms with Gasteiger partial charge in [-0.3, -0.25) is 9.36 Å². The number of hydrogen-bond donors (Lipinski definition) is 2. The van der Waals surface area contributed by atoms with Crippen LogP contribution in [0.4, 0.5) is 0 Å². The monoisotopic (exact) mass is 535 g/mol. The first-order chi connectivity index (χ1) is 19.0. The Kier molecular flexibility index (Phi) is 10.3. The lowest BCUT2D eigenvalue weighted by atomic mass is 10.0. The second-order valence-electron chi connectivity index (χ2n) is 9.86. The highest BCUT2D eigenvalue weighted by Crippen LogP contribution is 2.25. The summed E-state index contributed by atoms with van der Waals surface area (Å²) in [6.45, 7) is 4.46. The van der Waals surface area contributed by atoms with Crippen molar-refractivity contribution < 1.29 is 18.7 Å². The van der Waals surface area contributed by atoms with Gasteiger partial charge in [0.25, 0.3) is 5.91 Å². The molecule has 10 nitrogen and oxygen atoms in total. The number of oxazole rings is 1. The first kappa shape index (κ1) is 28.5. The molecule has 10 heteroatoms. The Bertz CT molecular complexity index is 1320. The lowest BCUT2D eigenvalue weighted by Crippen LogP contribution is -2.47. The maximum absolute atomic E-state index is 12.7. The Hall–Kier alpha value is -3.49. The zero-order valence-electron chi connectivity index (χ0n) is 22.7. The number of rotatable bonds is 11. The molecule has 39 heavy (non-hydrogen) atoms. The molecule has 3 aromatic rings. The zero-order valence-corrected chi connectivity index (χ0v) is 22.7. The molecular weight excluding hydrogens is 498 g/mol. The number of hydrogen-bond acceptors (Lipinski definition) is 8. The van der Waals surface area contributed by atoms with E-state index in [4.69, 9.17) is 13.9 Å². The average Bonchev–Trinajstić information content (AvgIpc) is 3.24. The van der Waals surface area contributed by atoms with Crippen molar-refractivity contribution in [1.82, 2.24) is 20.1 Å². The number of carbonyl (C=O) groups is 1. The normalized spacial score (nSPS) is 16.9. The summed E-state index contributed by atoms with van der Waals surface area (Å²) in [6.07, 6.45) is 1.72. The first-order valence-electron chi connectivity index (χ1n) is 13.4. The predicted octanol–water partition coefficient (Wildman–Crippen LogP) is 2.16. The van der Waals surface area contributed by atoms with Crippen LogP contribution in [0, 0.1) is 11.3 Å². The van der Waals surface area contributed by atoms with E-state index in [1.165, 1.54) is 0 Å². The van der Waals surface area contributed by atoms with Gasteiger partial charge < -0.3 is 29.4 Å². The van der Waals surface area contributed by atoms with Crippen molar-refractivity contribution in [3.05, 3.63) is 58.6 Å². The van der Waals surface area contributed by atoms with Crippen LogP contribution in [-0.4, -0.2) is 81.1 Å². The Morgan fingerprint density at radius 2 is 2.03 bits per heavy atom. The molecule has 2 aromatic carbocycles. The molecule has 1 amide bonds. The van der Waals surface area contributed by atoms with Crippen LogP contribution < -0.4 is 16.4 Å². The third kappa shape index (κ3) is 7.77. The quantitative estimate of drug-likeness (QED) is 0.383. The molecule has 0 radical (unpaired) electrons. The highest BCUT2D eigenvalue weighted by molar-refractivity contribution is 5.82. The molecule has 1 aliphatic rings. The van der Waals surface area contributed by atoms with Gasteiger partial charge >= 0.3 is 5.76 Å². The summed E-state index contributed by atoms with van der Waals surface area (Å²) in [5.74, 6) is -0.639. The second kappa shape index (κ2) is 14.1. The Morgan fingerprint density at radius 1 is 1.23 bits per heavy atom. The molecule has 1 saturated heterocycles. The highest BCUT2D eigenvalue weighted by atomic mass is 16.5. The number of methoxy groups -OCH3 is 1. The molecule has 2 N–H and O–H groups in total. The molecule has 1 aromatic heterocycles. The number of benzene rings is 2. The van der Waals surface area contributed by atoms with Crippen LogP contribution in [-0.2, 0) is 27.2 Å². The molecule has 0 unspecified atom stereocenters. The van der Waals surface area contributed by atoms with Crippen LogP contribution in [0.15, 0.2) is 51.7 Å². The van der Waals surface area contributed by atoms with Crippen LogP contribution in [0.2, 0.25) is 0 Å². The summed E-state index contributed by atoms with van der Waals surface area (Å²) < 4.78 is 17.9. The molecule has 0 saturated carbocycles. The Balaban J connectivity index is 1.41. The van der Waals surface area contributed by atoms with Crippen molar-refractivity contribution in [2.24, 2.45) is 0 Å². The fourth-order valence-corrected chi connectivity index (χ4v) is 4.58. The molecule has 2 atom stereocenters. The van der Waals surface area contributed by atoms with E-state index in [-0.39, 0.29) is 11.7 Å². The van der Waals surface area contributed by atoms with Crippen molar-refractivity contribution in [2.45, 2.75) is 38.0 Å². The van der Waals surface area contributed by atoms with Gasteiger partial charge in [-0.1, -0.05) is 30.3 Å². The van der Waals surface area contributed by atoms with Crippen molar-refractivity contribution in [3.63, 3.8) is 0 Å². The summed E-state index contributed by atoms with van der Waals surface area (Å²) in [5, 5.41) is 15.7. The minimum Gasteiger partial charge on any atom is -0.408 e.